The van der Waals surface area contributed by atoms with Crippen LogP contribution in [0.15, 0.2) is 6.20 Å². The van der Waals surface area contributed by atoms with Crippen LogP contribution in [0.2, 0.25) is 0 Å². The van der Waals surface area contributed by atoms with Crippen molar-refractivity contribution in [3.8, 4) is 0 Å². The summed E-state index contributed by atoms with van der Waals surface area (Å²) in [6, 6.07) is 0. The molecule has 170 valence electrons. The Kier molecular flexibility index (Phi) is 8.25. The summed E-state index contributed by atoms with van der Waals surface area (Å²) in [7, 11) is 3.85. The second-order valence-corrected chi connectivity index (χ2v) is 7.88. The van der Waals surface area contributed by atoms with Gasteiger partial charge in [0.25, 0.3) is 0 Å². The van der Waals surface area contributed by atoms with Crippen molar-refractivity contribution in [1.82, 2.24) is 19.6 Å². The van der Waals surface area contributed by atoms with Crippen LogP contribution in [0.5, 0.6) is 0 Å². The standard InChI is InChI=1S/C17H28N4O2.C2HF3O2/c1-4-21-8-15-14(12-23-11-13-5-6-13)7-20(9-16(15)18-21)17(22)10-19(2)3;3-2(4,5)1(6)7/h8,13-14H,4-7,9-12H2,1-3H3;(H,6,7). The minimum Gasteiger partial charge on any atom is -0.475 e. The van der Waals surface area contributed by atoms with Crippen molar-refractivity contribution >= 4 is 11.9 Å². The predicted octanol–water partition coefficient (Wildman–Crippen LogP) is 1.95. The lowest BCUT2D eigenvalue weighted by Crippen LogP contribution is -2.43. The van der Waals surface area contributed by atoms with Crippen LogP contribution in [-0.2, 0) is 27.4 Å². The highest BCUT2D eigenvalue weighted by atomic mass is 19.4. The zero-order valence-corrected chi connectivity index (χ0v) is 17.5. The van der Waals surface area contributed by atoms with Crippen LogP contribution in [0.4, 0.5) is 13.2 Å². The smallest absolute Gasteiger partial charge is 0.475 e. The number of carboxylic acids is 1. The molecule has 0 saturated heterocycles. The van der Waals surface area contributed by atoms with Crippen molar-refractivity contribution in [1.29, 1.82) is 0 Å². The normalized spacial score (nSPS) is 18.6. The number of aliphatic carboxylic acids is 1. The van der Waals surface area contributed by atoms with E-state index in [1.54, 1.807) is 0 Å². The number of ether oxygens (including phenoxy) is 1. The fourth-order valence-corrected chi connectivity index (χ4v) is 3.08. The number of nitrogens with zero attached hydrogens (tertiary/aromatic N) is 4. The van der Waals surface area contributed by atoms with E-state index < -0.39 is 12.1 Å². The first kappa shape index (κ1) is 24.1. The molecule has 2 heterocycles. The summed E-state index contributed by atoms with van der Waals surface area (Å²) in [5.41, 5.74) is 2.29. The number of alkyl halides is 3. The molecular weight excluding hydrogens is 405 g/mol. The highest BCUT2D eigenvalue weighted by molar-refractivity contribution is 5.78. The van der Waals surface area contributed by atoms with Gasteiger partial charge in [0.05, 0.1) is 25.4 Å². The van der Waals surface area contributed by atoms with Crippen LogP contribution in [-0.4, -0.2) is 83.1 Å². The fraction of sp³-hybridized carbons (Fsp3) is 0.737. The first-order valence-electron chi connectivity index (χ1n) is 9.87. The molecular formula is C19H29F3N4O4. The molecule has 1 aromatic heterocycles. The molecule has 1 aliphatic heterocycles. The maximum atomic E-state index is 12.4. The van der Waals surface area contributed by atoms with E-state index >= 15 is 0 Å². The molecule has 0 bridgehead atoms. The monoisotopic (exact) mass is 434 g/mol. The Morgan fingerprint density at radius 1 is 1.30 bits per heavy atom. The van der Waals surface area contributed by atoms with E-state index in [2.05, 4.69) is 18.2 Å². The highest BCUT2D eigenvalue weighted by Crippen LogP contribution is 2.31. The average molecular weight is 434 g/mol. The summed E-state index contributed by atoms with van der Waals surface area (Å²) in [6.07, 6.45) is -0.345. The molecule has 11 heteroatoms. The number of aryl methyl sites for hydroxylation is 1. The summed E-state index contributed by atoms with van der Waals surface area (Å²) in [5, 5.41) is 11.8. The maximum absolute atomic E-state index is 12.4. The minimum absolute atomic E-state index is 0.166. The van der Waals surface area contributed by atoms with E-state index in [1.165, 1.54) is 18.4 Å². The SMILES string of the molecule is CCn1cc2c(n1)CN(C(=O)CN(C)C)CC2COCC1CC1.O=C(O)C(F)(F)F. The molecule has 30 heavy (non-hydrogen) atoms. The lowest BCUT2D eigenvalue weighted by atomic mass is 9.95. The number of halogens is 3. The quantitative estimate of drug-likeness (QED) is 0.706. The summed E-state index contributed by atoms with van der Waals surface area (Å²) in [5.74, 6) is -1.58. The first-order valence-corrected chi connectivity index (χ1v) is 9.87. The molecule has 1 atom stereocenters. The zero-order chi connectivity index (χ0) is 22.5. The van der Waals surface area contributed by atoms with Gasteiger partial charge < -0.3 is 19.6 Å². The van der Waals surface area contributed by atoms with Gasteiger partial charge in [0.15, 0.2) is 0 Å². The number of fused-ring (bicyclic) bond motifs is 1. The van der Waals surface area contributed by atoms with Crippen molar-refractivity contribution < 1.29 is 32.6 Å². The number of likely N-dealkylation sites (N-methyl/N-ethyl adjacent to an activating group) is 1. The summed E-state index contributed by atoms with van der Waals surface area (Å²) in [6.45, 7) is 6.29. The number of carbonyl (C=O) groups excluding carboxylic acids is 1. The summed E-state index contributed by atoms with van der Waals surface area (Å²) in [4.78, 5) is 25.2. The van der Waals surface area contributed by atoms with Crippen LogP contribution >= 0.6 is 0 Å². The molecule has 1 saturated carbocycles. The third-order valence-corrected chi connectivity index (χ3v) is 4.83. The molecule has 1 aromatic rings. The zero-order valence-electron chi connectivity index (χ0n) is 17.5. The molecule has 1 fully saturated rings. The van der Waals surface area contributed by atoms with Crippen molar-refractivity contribution in [3.63, 3.8) is 0 Å². The van der Waals surface area contributed by atoms with Gasteiger partial charge in [0.2, 0.25) is 5.91 Å². The third kappa shape index (κ3) is 7.28. The second kappa shape index (κ2) is 10.3. The van der Waals surface area contributed by atoms with E-state index in [0.29, 0.717) is 19.7 Å². The largest absolute Gasteiger partial charge is 0.490 e. The number of rotatable bonds is 7. The fourth-order valence-electron chi connectivity index (χ4n) is 3.08. The van der Waals surface area contributed by atoms with Gasteiger partial charge in [-0.25, -0.2) is 4.79 Å². The van der Waals surface area contributed by atoms with Crippen LogP contribution in [0, 0.1) is 5.92 Å². The van der Waals surface area contributed by atoms with Crippen LogP contribution in [0.25, 0.3) is 0 Å². The van der Waals surface area contributed by atoms with Gasteiger partial charge in [-0.2, -0.15) is 18.3 Å². The van der Waals surface area contributed by atoms with Crippen LogP contribution < -0.4 is 0 Å². The highest BCUT2D eigenvalue weighted by Gasteiger charge is 2.38. The van der Waals surface area contributed by atoms with Gasteiger partial charge in [0, 0.05) is 37.4 Å². The molecule has 0 aromatic carbocycles. The van der Waals surface area contributed by atoms with Gasteiger partial charge in [-0.15, -0.1) is 0 Å². The van der Waals surface area contributed by atoms with E-state index in [-0.39, 0.29) is 11.8 Å². The van der Waals surface area contributed by atoms with E-state index in [4.69, 9.17) is 14.6 Å². The van der Waals surface area contributed by atoms with Gasteiger partial charge >= 0.3 is 12.1 Å². The lowest BCUT2D eigenvalue weighted by molar-refractivity contribution is -0.192. The topological polar surface area (TPSA) is 87.9 Å². The number of aromatic nitrogens is 2. The Balaban J connectivity index is 0.000000396. The third-order valence-electron chi connectivity index (χ3n) is 4.83. The molecule has 3 rings (SSSR count). The molecule has 0 spiro atoms. The minimum atomic E-state index is -5.08. The first-order chi connectivity index (χ1) is 14.0. The number of hydrogen-bond acceptors (Lipinski definition) is 5. The van der Waals surface area contributed by atoms with E-state index in [9.17, 15) is 18.0 Å². The van der Waals surface area contributed by atoms with Crippen LogP contribution in [0.1, 0.15) is 36.9 Å². The Bertz CT molecular complexity index is 732. The van der Waals surface area contributed by atoms with Crippen molar-refractivity contribution in [2.45, 2.75) is 44.9 Å². The molecule has 2 aliphatic rings. The molecule has 1 amide bonds. The second-order valence-electron chi connectivity index (χ2n) is 7.88. The summed E-state index contributed by atoms with van der Waals surface area (Å²) >= 11 is 0. The number of carboxylic acid groups (broad SMARTS) is 1. The van der Waals surface area contributed by atoms with Crippen molar-refractivity contribution in [2.24, 2.45) is 5.92 Å². The van der Waals surface area contributed by atoms with Gasteiger partial charge in [0.1, 0.15) is 0 Å². The predicted molar refractivity (Wildman–Crippen MR) is 102 cm³/mol. The number of amides is 1. The van der Waals surface area contributed by atoms with E-state index in [0.717, 1.165) is 31.3 Å². The van der Waals surface area contributed by atoms with Gasteiger partial charge in [-0.05, 0) is 39.8 Å². The molecule has 1 N–H and O–H groups in total. The molecule has 8 nitrogen and oxygen atoms in total. The Morgan fingerprint density at radius 3 is 2.43 bits per heavy atom. The molecule has 1 aliphatic carbocycles. The Hall–Kier alpha value is -2.14. The van der Waals surface area contributed by atoms with E-state index in [1.807, 2.05) is 28.6 Å². The van der Waals surface area contributed by atoms with Crippen LogP contribution in [0.3, 0.4) is 0 Å². The number of hydrogen-bond donors (Lipinski definition) is 1. The maximum Gasteiger partial charge on any atom is 0.490 e. The Morgan fingerprint density at radius 2 is 1.93 bits per heavy atom. The Labute approximate surface area is 173 Å². The van der Waals surface area contributed by atoms with Crippen molar-refractivity contribution in [3.05, 3.63) is 17.5 Å². The summed E-state index contributed by atoms with van der Waals surface area (Å²) < 4.78 is 39.6. The molecule has 1 unspecified atom stereocenters. The lowest BCUT2D eigenvalue weighted by Gasteiger charge is -2.32. The van der Waals surface area contributed by atoms with Gasteiger partial charge in [-0.3, -0.25) is 9.48 Å². The average Bonchev–Trinajstić information content (AvgIpc) is 3.36. The number of carbonyl (C=O) groups is 2. The molecule has 0 radical (unpaired) electrons. The van der Waals surface area contributed by atoms with Crippen molar-refractivity contribution in [2.75, 3.05) is 40.4 Å². The van der Waals surface area contributed by atoms with Gasteiger partial charge in [-0.1, -0.05) is 0 Å².